The number of hydrogen-bond acceptors (Lipinski definition) is 5. The molecule has 1 amide bonds. The molecule has 0 bridgehead atoms. The average Bonchev–Trinajstić information content (AvgIpc) is 3.33. The summed E-state index contributed by atoms with van der Waals surface area (Å²) in [5, 5.41) is 11.8. The van der Waals surface area contributed by atoms with Crippen molar-refractivity contribution in [2.24, 2.45) is 0 Å². The van der Waals surface area contributed by atoms with Crippen LogP contribution in [0, 0.1) is 0 Å². The largest absolute Gasteiger partial charge is 0.470 e. The lowest BCUT2D eigenvalue weighted by molar-refractivity contribution is 0.101. The zero-order valence-electron chi connectivity index (χ0n) is 19.5. The van der Waals surface area contributed by atoms with Gasteiger partial charge < -0.3 is 14.8 Å². The summed E-state index contributed by atoms with van der Waals surface area (Å²) in [6.07, 6.45) is 0. The molecule has 0 aliphatic carbocycles. The molecule has 1 N–H and O–H groups in total. The number of para-hydroxylation sites is 1. The maximum Gasteiger partial charge on any atom is 0.281 e. The minimum absolute atomic E-state index is 0.117. The Kier molecular flexibility index (Phi) is 6.99. The third-order valence-corrected chi connectivity index (χ3v) is 5.32. The number of rotatable bonds is 9. The lowest BCUT2D eigenvalue weighted by atomic mass is 10.2. The van der Waals surface area contributed by atoms with Crippen LogP contribution < -0.4 is 14.8 Å². The molecule has 0 radical (unpaired) electrons. The van der Waals surface area contributed by atoms with Crippen LogP contribution in [-0.4, -0.2) is 20.9 Å². The summed E-state index contributed by atoms with van der Waals surface area (Å²) in [7, 11) is 0. The molecule has 5 aromatic rings. The van der Waals surface area contributed by atoms with Crippen LogP contribution in [0.15, 0.2) is 115 Å². The van der Waals surface area contributed by atoms with Gasteiger partial charge in [-0.15, -0.1) is 10.2 Å². The minimum Gasteiger partial charge on any atom is -0.470 e. The monoisotopic (exact) mass is 476 g/mol. The summed E-state index contributed by atoms with van der Waals surface area (Å²) in [4.78, 5) is 14.6. The van der Waals surface area contributed by atoms with Crippen molar-refractivity contribution >= 4 is 11.6 Å². The number of benzene rings is 4. The van der Waals surface area contributed by atoms with Crippen LogP contribution in [0.25, 0.3) is 0 Å². The Hall–Kier alpha value is -4.91. The van der Waals surface area contributed by atoms with Gasteiger partial charge in [-0.05, 0) is 47.5 Å². The van der Waals surface area contributed by atoms with Gasteiger partial charge in [0.2, 0.25) is 5.69 Å². The highest BCUT2D eigenvalue weighted by molar-refractivity contribution is 6.04. The van der Waals surface area contributed by atoms with Crippen molar-refractivity contribution < 1.29 is 14.3 Å². The standard InChI is InChI=1S/C29H24N4O3/c34-28(30-24-16-18-26(19-17-24)36-25-14-8-3-9-15-25)27-29(35-21-23-12-6-2-7-13-23)32-33(31-27)20-22-10-4-1-5-11-22/h1-19H,20-21H2,(H,30,34). The Labute approximate surface area is 208 Å². The van der Waals surface area contributed by atoms with Crippen molar-refractivity contribution in [2.45, 2.75) is 13.2 Å². The van der Waals surface area contributed by atoms with Gasteiger partial charge in [-0.1, -0.05) is 78.9 Å². The smallest absolute Gasteiger partial charge is 0.281 e. The Morgan fingerprint density at radius 1 is 0.694 bits per heavy atom. The maximum atomic E-state index is 13.1. The van der Waals surface area contributed by atoms with E-state index in [0.29, 0.717) is 18.0 Å². The van der Waals surface area contributed by atoms with Crippen molar-refractivity contribution in [2.75, 3.05) is 5.32 Å². The Morgan fingerprint density at radius 2 is 1.28 bits per heavy atom. The topological polar surface area (TPSA) is 78.3 Å². The van der Waals surface area contributed by atoms with Crippen LogP contribution in [0.5, 0.6) is 17.4 Å². The fourth-order valence-electron chi connectivity index (χ4n) is 3.54. The van der Waals surface area contributed by atoms with Gasteiger partial charge in [0.1, 0.15) is 18.1 Å². The maximum absolute atomic E-state index is 13.1. The minimum atomic E-state index is -0.408. The molecule has 7 heteroatoms. The van der Waals surface area contributed by atoms with Crippen molar-refractivity contribution in [1.82, 2.24) is 15.0 Å². The van der Waals surface area contributed by atoms with E-state index in [1.165, 1.54) is 4.80 Å². The highest BCUT2D eigenvalue weighted by Gasteiger charge is 2.21. The Morgan fingerprint density at radius 3 is 1.94 bits per heavy atom. The van der Waals surface area contributed by atoms with Crippen molar-refractivity contribution in [3.8, 4) is 17.4 Å². The highest BCUT2D eigenvalue weighted by Crippen LogP contribution is 2.24. The fourth-order valence-corrected chi connectivity index (χ4v) is 3.54. The summed E-state index contributed by atoms with van der Waals surface area (Å²) in [6.45, 7) is 0.692. The van der Waals surface area contributed by atoms with Gasteiger partial charge in [-0.25, -0.2) is 0 Å². The molecule has 0 spiro atoms. The van der Waals surface area contributed by atoms with Crippen LogP contribution in [0.2, 0.25) is 0 Å². The molecule has 0 aliphatic heterocycles. The van der Waals surface area contributed by atoms with E-state index in [-0.39, 0.29) is 18.2 Å². The number of carbonyl (C=O) groups excluding carboxylic acids is 1. The number of nitrogens with one attached hydrogen (secondary N) is 1. The second kappa shape index (κ2) is 11.0. The van der Waals surface area contributed by atoms with E-state index in [1.54, 1.807) is 24.3 Å². The van der Waals surface area contributed by atoms with E-state index in [1.807, 2.05) is 91.0 Å². The SMILES string of the molecule is O=C(Nc1ccc(Oc2ccccc2)cc1)c1nn(Cc2ccccc2)nc1OCc1ccccc1. The molecule has 0 atom stereocenters. The molecule has 0 aliphatic rings. The predicted octanol–water partition coefficient (Wildman–Crippen LogP) is 5.95. The molecular weight excluding hydrogens is 452 g/mol. The molecule has 178 valence electrons. The van der Waals surface area contributed by atoms with Crippen LogP contribution >= 0.6 is 0 Å². The first-order valence-corrected chi connectivity index (χ1v) is 11.5. The van der Waals surface area contributed by atoms with E-state index in [0.717, 1.165) is 16.9 Å². The third-order valence-electron chi connectivity index (χ3n) is 5.32. The van der Waals surface area contributed by atoms with Crippen molar-refractivity contribution in [1.29, 1.82) is 0 Å². The van der Waals surface area contributed by atoms with Gasteiger partial charge >= 0.3 is 0 Å². The van der Waals surface area contributed by atoms with Gasteiger partial charge in [0.05, 0.1) is 6.54 Å². The number of aromatic nitrogens is 3. The summed E-state index contributed by atoms with van der Waals surface area (Å²) in [5.41, 5.74) is 2.71. The molecule has 36 heavy (non-hydrogen) atoms. The van der Waals surface area contributed by atoms with Crippen LogP contribution in [0.4, 0.5) is 5.69 Å². The van der Waals surface area contributed by atoms with Gasteiger partial charge in [0, 0.05) is 5.69 Å². The predicted molar refractivity (Wildman–Crippen MR) is 137 cm³/mol. The fraction of sp³-hybridized carbons (Fsp3) is 0.0690. The molecule has 0 saturated heterocycles. The molecule has 0 fully saturated rings. The average molecular weight is 477 g/mol. The summed E-state index contributed by atoms with van der Waals surface area (Å²) in [5.74, 6) is 1.18. The Balaban J connectivity index is 1.31. The lowest BCUT2D eigenvalue weighted by Crippen LogP contribution is -2.14. The summed E-state index contributed by atoms with van der Waals surface area (Å²) >= 11 is 0. The lowest BCUT2D eigenvalue weighted by Gasteiger charge is -2.08. The molecule has 5 rings (SSSR count). The van der Waals surface area contributed by atoms with E-state index >= 15 is 0 Å². The zero-order chi connectivity index (χ0) is 24.6. The zero-order valence-corrected chi connectivity index (χ0v) is 19.5. The highest BCUT2D eigenvalue weighted by atomic mass is 16.5. The van der Waals surface area contributed by atoms with Crippen LogP contribution in [0.3, 0.4) is 0 Å². The summed E-state index contributed by atoms with van der Waals surface area (Å²) in [6, 6.07) is 36.2. The van der Waals surface area contributed by atoms with Crippen LogP contribution in [0.1, 0.15) is 21.6 Å². The van der Waals surface area contributed by atoms with Gasteiger partial charge in [-0.3, -0.25) is 4.79 Å². The van der Waals surface area contributed by atoms with Crippen molar-refractivity contribution in [3.63, 3.8) is 0 Å². The van der Waals surface area contributed by atoms with Crippen molar-refractivity contribution in [3.05, 3.63) is 132 Å². The first kappa shape index (κ1) is 22.9. The molecule has 1 heterocycles. The third kappa shape index (κ3) is 5.95. The Bertz CT molecular complexity index is 1400. The van der Waals surface area contributed by atoms with Gasteiger partial charge in [0.25, 0.3) is 11.8 Å². The molecule has 4 aromatic carbocycles. The number of amides is 1. The first-order valence-electron chi connectivity index (χ1n) is 11.5. The second-order valence-electron chi connectivity index (χ2n) is 8.04. The molecular formula is C29H24N4O3. The normalized spacial score (nSPS) is 10.6. The van der Waals surface area contributed by atoms with Gasteiger partial charge in [0.15, 0.2) is 0 Å². The number of hydrogen-bond donors (Lipinski definition) is 1. The second-order valence-corrected chi connectivity index (χ2v) is 8.04. The molecule has 0 unspecified atom stereocenters. The first-order chi connectivity index (χ1) is 17.7. The quantitative estimate of drug-likeness (QED) is 0.284. The van der Waals surface area contributed by atoms with Gasteiger partial charge in [-0.2, -0.15) is 4.80 Å². The number of ether oxygens (including phenoxy) is 2. The number of anilines is 1. The van der Waals surface area contributed by atoms with E-state index in [4.69, 9.17) is 9.47 Å². The number of carbonyl (C=O) groups is 1. The number of nitrogens with zero attached hydrogens (tertiary/aromatic N) is 3. The molecule has 0 saturated carbocycles. The summed E-state index contributed by atoms with van der Waals surface area (Å²) < 4.78 is 11.7. The van der Waals surface area contributed by atoms with E-state index in [2.05, 4.69) is 15.5 Å². The van der Waals surface area contributed by atoms with Crippen LogP contribution in [-0.2, 0) is 13.2 Å². The van der Waals surface area contributed by atoms with E-state index in [9.17, 15) is 4.79 Å². The molecule has 7 nitrogen and oxygen atoms in total. The molecule has 1 aromatic heterocycles. The van der Waals surface area contributed by atoms with E-state index < -0.39 is 5.91 Å².